The van der Waals surface area contributed by atoms with Gasteiger partial charge in [0.25, 0.3) is 0 Å². The van der Waals surface area contributed by atoms with E-state index in [1.165, 1.54) is 11.8 Å². The number of hydrogen-bond donors (Lipinski definition) is 1. The minimum atomic E-state index is -2.84. The first kappa shape index (κ1) is 14.3. The average molecular weight is 258 g/mol. The van der Waals surface area contributed by atoms with Crippen LogP contribution in [0.25, 0.3) is 0 Å². The van der Waals surface area contributed by atoms with E-state index in [9.17, 15) is 8.42 Å². The summed E-state index contributed by atoms with van der Waals surface area (Å²) in [5, 5.41) is 0. The van der Waals surface area contributed by atoms with Crippen molar-refractivity contribution in [2.75, 3.05) is 12.0 Å². The van der Waals surface area contributed by atoms with E-state index in [-0.39, 0.29) is 11.8 Å². The van der Waals surface area contributed by atoms with Crippen molar-refractivity contribution in [3.8, 4) is 0 Å². The van der Waals surface area contributed by atoms with E-state index < -0.39 is 9.84 Å². The maximum absolute atomic E-state index is 11.0. The summed E-state index contributed by atoms with van der Waals surface area (Å²) in [6.07, 6.45) is 7.83. The number of sulfone groups is 1. The molecule has 1 aromatic rings. The van der Waals surface area contributed by atoms with Crippen LogP contribution in [0.5, 0.6) is 0 Å². The predicted octanol–water partition coefficient (Wildman–Crippen LogP) is 1.20. The molecular formula is C12H22N2O2S. The van der Waals surface area contributed by atoms with E-state index in [0.717, 1.165) is 19.4 Å². The molecule has 4 nitrogen and oxygen atoms in total. The lowest BCUT2D eigenvalue weighted by atomic mass is 10.1. The molecule has 0 bridgehead atoms. The summed E-state index contributed by atoms with van der Waals surface area (Å²) in [6, 6.07) is 2.26. The van der Waals surface area contributed by atoms with Crippen molar-refractivity contribution in [3.05, 3.63) is 24.0 Å². The van der Waals surface area contributed by atoms with Crippen molar-refractivity contribution in [1.29, 1.82) is 0 Å². The van der Waals surface area contributed by atoms with Crippen molar-refractivity contribution < 1.29 is 8.42 Å². The lowest BCUT2D eigenvalue weighted by Crippen LogP contribution is -2.21. The number of hydrogen-bond acceptors (Lipinski definition) is 3. The molecule has 1 atom stereocenters. The topological polar surface area (TPSA) is 65.1 Å². The molecule has 0 saturated heterocycles. The van der Waals surface area contributed by atoms with E-state index in [1.807, 2.05) is 10.8 Å². The van der Waals surface area contributed by atoms with Crippen LogP contribution in [0.3, 0.4) is 0 Å². The molecule has 0 aliphatic carbocycles. The summed E-state index contributed by atoms with van der Waals surface area (Å²) in [4.78, 5) is 0. The molecule has 1 aromatic heterocycles. The highest BCUT2D eigenvalue weighted by Gasteiger charge is 2.04. The molecule has 0 fully saturated rings. The van der Waals surface area contributed by atoms with Crippen LogP contribution in [0.2, 0.25) is 0 Å². The highest BCUT2D eigenvalue weighted by atomic mass is 32.2. The third kappa shape index (κ3) is 5.89. The highest BCUT2D eigenvalue weighted by molar-refractivity contribution is 7.90. The van der Waals surface area contributed by atoms with Crippen LogP contribution in [0, 0.1) is 0 Å². The first-order valence-electron chi connectivity index (χ1n) is 5.98. The Kier molecular flexibility index (Phi) is 5.21. The predicted molar refractivity (Wildman–Crippen MR) is 70.7 cm³/mol. The van der Waals surface area contributed by atoms with Crippen molar-refractivity contribution in [1.82, 2.24) is 4.57 Å². The number of nitrogens with two attached hydrogens (primary N) is 1. The number of nitrogens with zero attached hydrogens (tertiary/aromatic N) is 1. The van der Waals surface area contributed by atoms with E-state index >= 15 is 0 Å². The molecule has 0 aromatic carbocycles. The van der Waals surface area contributed by atoms with Gasteiger partial charge >= 0.3 is 0 Å². The monoisotopic (exact) mass is 258 g/mol. The lowest BCUT2D eigenvalue weighted by molar-refractivity contribution is 0.592. The Hall–Kier alpha value is -0.810. The molecule has 1 unspecified atom stereocenters. The van der Waals surface area contributed by atoms with Crippen molar-refractivity contribution >= 4 is 9.84 Å². The van der Waals surface area contributed by atoms with Crippen LogP contribution < -0.4 is 5.73 Å². The third-order valence-corrected chi connectivity index (χ3v) is 3.80. The number of aryl methyl sites for hydroxylation is 1. The maximum atomic E-state index is 11.0. The van der Waals surface area contributed by atoms with Gasteiger partial charge in [0.2, 0.25) is 0 Å². The van der Waals surface area contributed by atoms with E-state index in [0.29, 0.717) is 6.42 Å². The Balaban J connectivity index is 2.41. The molecule has 98 valence electrons. The van der Waals surface area contributed by atoms with Crippen LogP contribution in [0.4, 0.5) is 0 Å². The molecule has 17 heavy (non-hydrogen) atoms. The van der Waals surface area contributed by atoms with Crippen molar-refractivity contribution in [2.45, 2.75) is 38.8 Å². The van der Waals surface area contributed by atoms with Gasteiger partial charge in [-0.1, -0.05) is 6.92 Å². The van der Waals surface area contributed by atoms with Gasteiger partial charge in [0.15, 0.2) is 0 Å². The Morgan fingerprint density at radius 3 is 2.76 bits per heavy atom. The molecule has 2 N–H and O–H groups in total. The molecule has 1 rings (SSSR count). The zero-order chi connectivity index (χ0) is 12.9. The fourth-order valence-electron chi connectivity index (χ4n) is 1.71. The molecule has 5 heteroatoms. The van der Waals surface area contributed by atoms with Crippen LogP contribution >= 0.6 is 0 Å². The molecule has 0 spiro atoms. The molecule has 0 radical (unpaired) electrons. The van der Waals surface area contributed by atoms with Gasteiger partial charge in [-0.25, -0.2) is 8.42 Å². The first-order valence-corrected chi connectivity index (χ1v) is 8.04. The Morgan fingerprint density at radius 2 is 2.18 bits per heavy atom. The lowest BCUT2D eigenvalue weighted by Gasteiger charge is -2.06. The second kappa shape index (κ2) is 6.21. The SMILES string of the molecule is CCC(N)Cc1ccn(CCCS(C)(=O)=O)c1. The summed E-state index contributed by atoms with van der Waals surface area (Å²) < 4.78 is 24.0. The molecular weight excluding hydrogens is 236 g/mol. The second-order valence-corrected chi connectivity index (χ2v) is 6.87. The van der Waals surface area contributed by atoms with Gasteiger partial charge in [-0.3, -0.25) is 0 Å². The molecule has 0 aliphatic heterocycles. The van der Waals surface area contributed by atoms with Gasteiger partial charge in [-0.2, -0.15) is 0 Å². The summed E-state index contributed by atoms with van der Waals surface area (Å²) in [7, 11) is -2.84. The Morgan fingerprint density at radius 1 is 1.47 bits per heavy atom. The standard InChI is InChI=1S/C12H22N2O2S/c1-3-12(13)9-11-5-7-14(10-11)6-4-8-17(2,15)16/h5,7,10,12H,3-4,6,8-9,13H2,1-2H3. The van der Waals surface area contributed by atoms with E-state index in [1.54, 1.807) is 0 Å². The van der Waals surface area contributed by atoms with Gasteiger partial charge in [0.05, 0.1) is 5.75 Å². The maximum Gasteiger partial charge on any atom is 0.147 e. The average Bonchev–Trinajstić information content (AvgIpc) is 2.63. The molecule has 0 aliphatic rings. The minimum Gasteiger partial charge on any atom is -0.354 e. The summed E-state index contributed by atoms with van der Waals surface area (Å²) in [5.41, 5.74) is 7.10. The van der Waals surface area contributed by atoms with Gasteiger partial charge in [0.1, 0.15) is 9.84 Å². The third-order valence-electron chi connectivity index (χ3n) is 2.77. The minimum absolute atomic E-state index is 0.210. The molecule has 0 saturated carbocycles. The summed E-state index contributed by atoms with van der Waals surface area (Å²) >= 11 is 0. The fraction of sp³-hybridized carbons (Fsp3) is 0.667. The van der Waals surface area contributed by atoms with Crippen LogP contribution in [0.15, 0.2) is 18.5 Å². The van der Waals surface area contributed by atoms with E-state index in [4.69, 9.17) is 5.73 Å². The van der Waals surface area contributed by atoms with Gasteiger partial charge < -0.3 is 10.3 Å². The van der Waals surface area contributed by atoms with Crippen LogP contribution in [-0.4, -0.2) is 31.0 Å². The van der Waals surface area contributed by atoms with Crippen LogP contribution in [-0.2, 0) is 22.8 Å². The Labute approximate surface area is 104 Å². The molecule has 1 heterocycles. The zero-order valence-electron chi connectivity index (χ0n) is 10.6. The van der Waals surface area contributed by atoms with Crippen molar-refractivity contribution in [2.24, 2.45) is 5.73 Å². The van der Waals surface area contributed by atoms with Gasteiger partial charge in [-0.05, 0) is 30.9 Å². The van der Waals surface area contributed by atoms with Crippen LogP contribution in [0.1, 0.15) is 25.3 Å². The van der Waals surface area contributed by atoms with Crippen molar-refractivity contribution in [3.63, 3.8) is 0 Å². The van der Waals surface area contributed by atoms with Gasteiger partial charge in [-0.15, -0.1) is 0 Å². The fourth-order valence-corrected chi connectivity index (χ4v) is 2.36. The highest BCUT2D eigenvalue weighted by Crippen LogP contribution is 2.06. The first-order chi connectivity index (χ1) is 7.90. The number of aromatic nitrogens is 1. The quantitative estimate of drug-likeness (QED) is 0.799. The normalized spacial score (nSPS) is 13.8. The summed E-state index contributed by atoms with van der Waals surface area (Å²) in [6.45, 7) is 2.82. The second-order valence-electron chi connectivity index (χ2n) is 4.61. The molecule has 0 amide bonds. The summed E-state index contributed by atoms with van der Waals surface area (Å²) in [5.74, 6) is 0.245. The number of rotatable bonds is 7. The largest absolute Gasteiger partial charge is 0.354 e. The smallest absolute Gasteiger partial charge is 0.147 e. The Bertz CT molecular complexity index is 437. The van der Waals surface area contributed by atoms with E-state index in [2.05, 4.69) is 19.2 Å². The zero-order valence-corrected chi connectivity index (χ0v) is 11.4. The van der Waals surface area contributed by atoms with Gasteiger partial charge in [0, 0.05) is 31.2 Å².